The van der Waals surface area contributed by atoms with Gasteiger partial charge in [-0.05, 0) is 18.4 Å². The third kappa shape index (κ3) is 4.29. The minimum atomic E-state index is 0.343. The van der Waals surface area contributed by atoms with Crippen LogP contribution in [0.25, 0.3) is 0 Å². The number of hydrogen-bond acceptors (Lipinski definition) is 4. The van der Waals surface area contributed by atoms with E-state index in [0.717, 1.165) is 24.5 Å². The number of thiazole rings is 1. The van der Waals surface area contributed by atoms with Crippen LogP contribution in [0.3, 0.4) is 0 Å². The van der Waals surface area contributed by atoms with Crippen LogP contribution in [0.15, 0.2) is 30.3 Å². The number of aromatic nitrogens is 1. The maximum atomic E-state index is 5.36. The van der Waals surface area contributed by atoms with Crippen LogP contribution in [0.1, 0.15) is 35.9 Å². The van der Waals surface area contributed by atoms with Crippen molar-refractivity contribution in [3.8, 4) is 0 Å². The van der Waals surface area contributed by atoms with Crippen LogP contribution in [0.2, 0.25) is 0 Å². The second-order valence-corrected chi connectivity index (χ2v) is 6.12. The molecule has 1 aromatic carbocycles. The first-order valence-electron chi connectivity index (χ1n) is 7.54. The van der Waals surface area contributed by atoms with Crippen molar-refractivity contribution < 1.29 is 4.74 Å². The number of anilines is 1. The Morgan fingerprint density at radius 3 is 2.52 bits per heavy atom. The lowest BCUT2D eigenvalue weighted by Gasteiger charge is -2.16. The Kier molecular flexibility index (Phi) is 6.21. The Hall–Kier alpha value is -1.39. The third-order valence-electron chi connectivity index (χ3n) is 3.57. The van der Waals surface area contributed by atoms with E-state index in [9.17, 15) is 0 Å². The molecule has 0 aliphatic rings. The summed E-state index contributed by atoms with van der Waals surface area (Å²) in [5.74, 6) is 0.343. The van der Waals surface area contributed by atoms with Crippen molar-refractivity contribution in [3.63, 3.8) is 0 Å². The van der Waals surface area contributed by atoms with Gasteiger partial charge in [0, 0.05) is 24.4 Å². The van der Waals surface area contributed by atoms with E-state index in [2.05, 4.69) is 43.4 Å². The first-order valence-corrected chi connectivity index (χ1v) is 8.36. The highest BCUT2D eigenvalue weighted by Crippen LogP contribution is 2.25. The van der Waals surface area contributed by atoms with Gasteiger partial charge in [-0.1, -0.05) is 44.2 Å². The van der Waals surface area contributed by atoms with E-state index >= 15 is 0 Å². The summed E-state index contributed by atoms with van der Waals surface area (Å²) >= 11 is 1.78. The van der Waals surface area contributed by atoms with Gasteiger partial charge in [0.1, 0.15) is 0 Å². The molecule has 1 atom stereocenters. The maximum absolute atomic E-state index is 5.36. The molecule has 0 saturated carbocycles. The second-order valence-electron chi connectivity index (χ2n) is 5.04. The van der Waals surface area contributed by atoms with Gasteiger partial charge in [-0.25, -0.2) is 4.98 Å². The highest BCUT2D eigenvalue weighted by Gasteiger charge is 2.13. The van der Waals surface area contributed by atoms with E-state index in [1.807, 2.05) is 6.07 Å². The van der Waals surface area contributed by atoms with Crippen molar-refractivity contribution in [2.45, 2.75) is 32.6 Å². The molecule has 1 aromatic heterocycles. The molecule has 114 valence electrons. The molecule has 1 heterocycles. The summed E-state index contributed by atoms with van der Waals surface area (Å²) in [4.78, 5) is 6.08. The number of nitrogens with one attached hydrogen (secondary N) is 1. The minimum Gasteiger partial charge on any atom is -0.384 e. The maximum Gasteiger partial charge on any atom is 0.183 e. The normalized spacial score (nSPS) is 12.3. The predicted octanol–water partition coefficient (Wildman–Crippen LogP) is 4.11. The zero-order valence-corrected chi connectivity index (χ0v) is 13.9. The molecule has 0 bridgehead atoms. The van der Waals surface area contributed by atoms with E-state index < -0.39 is 0 Å². The van der Waals surface area contributed by atoms with Gasteiger partial charge in [-0.2, -0.15) is 0 Å². The first-order chi connectivity index (χ1) is 10.3. The molecular formula is C17H24N2OS. The smallest absolute Gasteiger partial charge is 0.183 e. The summed E-state index contributed by atoms with van der Waals surface area (Å²) in [5, 5.41) is 4.51. The minimum absolute atomic E-state index is 0.343. The molecule has 0 aliphatic carbocycles. The molecule has 3 nitrogen and oxygen atoms in total. The van der Waals surface area contributed by atoms with Crippen molar-refractivity contribution in [1.82, 2.24) is 4.98 Å². The molecular weight excluding hydrogens is 280 g/mol. The van der Waals surface area contributed by atoms with E-state index in [1.54, 1.807) is 18.4 Å². The third-order valence-corrected chi connectivity index (χ3v) is 4.77. The fourth-order valence-corrected chi connectivity index (χ4v) is 3.42. The average Bonchev–Trinajstić information content (AvgIpc) is 2.94. The molecule has 1 N–H and O–H groups in total. The highest BCUT2D eigenvalue weighted by molar-refractivity contribution is 7.15. The van der Waals surface area contributed by atoms with Gasteiger partial charge in [0.25, 0.3) is 0 Å². The zero-order valence-electron chi connectivity index (χ0n) is 13.1. The van der Waals surface area contributed by atoms with Gasteiger partial charge in [0.15, 0.2) is 5.13 Å². The Bertz CT molecular complexity index is 517. The Morgan fingerprint density at radius 1 is 1.19 bits per heavy atom. The highest BCUT2D eigenvalue weighted by atomic mass is 32.1. The van der Waals surface area contributed by atoms with Crippen molar-refractivity contribution >= 4 is 16.5 Å². The zero-order chi connectivity index (χ0) is 15.1. The summed E-state index contributed by atoms with van der Waals surface area (Å²) in [5.41, 5.74) is 2.53. The van der Waals surface area contributed by atoms with Crippen LogP contribution in [0.5, 0.6) is 0 Å². The lowest BCUT2D eigenvalue weighted by molar-refractivity contribution is 0.182. The number of ether oxygens (including phenoxy) is 1. The topological polar surface area (TPSA) is 34.2 Å². The predicted molar refractivity (Wildman–Crippen MR) is 90.4 cm³/mol. The van der Waals surface area contributed by atoms with E-state index in [0.29, 0.717) is 12.5 Å². The van der Waals surface area contributed by atoms with Crippen molar-refractivity contribution in [2.24, 2.45) is 0 Å². The molecule has 0 aliphatic heterocycles. The molecule has 0 fully saturated rings. The van der Waals surface area contributed by atoms with E-state index in [-0.39, 0.29) is 0 Å². The summed E-state index contributed by atoms with van der Waals surface area (Å²) < 4.78 is 5.36. The Labute approximate surface area is 131 Å². The van der Waals surface area contributed by atoms with E-state index in [1.165, 1.54) is 16.1 Å². The fraction of sp³-hybridized carbons (Fsp3) is 0.471. The second kappa shape index (κ2) is 8.15. The first kappa shape index (κ1) is 16.0. The fourth-order valence-electron chi connectivity index (χ4n) is 2.42. The number of rotatable bonds is 8. The van der Waals surface area contributed by atoms with Crippen LogP contribution in [0, 0.1) is 0 Å². The van der Waals surface area contributed by atoms with Crippen LogP contribution in [-0.4, -0.2) is 25.2 Å². The number of methoxy groups -OCH3 is 1. The Morgan fingerprint density at radius 2 is 1.95 bits per heavy atom. The SMILES string of the molecule is CCc1nc(NCC(COC)c2ccccc2)sc1CC. The van der Waals surface area contributed by atoms with Crippen LogP contribution in [0.4, 0.5) is 5.13 Å². The van der Waals surface area contributed by atoms with Crippen LogP contribution < -0.4 is 5.32 Å². The van der Waals surface area contributed by atoms with Crippen molar-refractivity contribution in [1.29, 1.82) is 0 Å². The molecule has 2 rings (SSSR count). The largest absolute Gasteiger partial charge is 0.384 e. The lowest BCUT2D eigenvalue weighted by Crippen LogP contribution is -2.17. The van der Waals surface area contributed by atoms with Gasteiger partial charge in [0.2, 0.25) is 0 Å². The lowest BCUT2D eigenvalue weighted by atomic mass is 10.0. The molecule has 4 heteroatoms. The Balaban J connectivity index is 2.03. The van der Waals surface area contributed by atoms with Gasteiger partial charge < -0.3 is 10.1 Å². The van der Waals surface area contributed by atoms with Gasteiger partial charge in [-0.3, -0.25) is 0 Å². The summed E-state index contributed by atoms with van der Waals surface area (Å²) in [6.45, 7) is 5.91. The van der Waals surface area contributed by atoms with Crippen molar-refractivity contribution in [3.05, 3.63) is 46.5 Å². The van der Waals surface area contributed by atoms with Crippen LogP contribution in [-0.2, 0) is 17.6 Å². The number of hydrogen-bond donors (Lipinski definition) is 1. The standard InChI is InChI=1S/C17H24N2OS/c1-4-15-16(5-2)21-17(19-15)18-11-14(12-20-3)13-9-7-6-8-10-13/h6-10,14H,4-5,11-12H2,1-3H3,(H,18,19). The number of nitrogens with zero attached hydrogens (tertiary/aromatic N) is 1. The van der Waals surface area contributed by atoms with Crippen molar-refractivity contribution in [2.75, 3.05) is 25.6 Å². The molecule has 1 unspecified atom stereocenters. The van der Waals surface area contributed by atoms with Gasteiger partial charge >= 0.3 is 0 Å². The number of benzene rings is 1. The molecule has 0 radical (unpaired) electrons. The average molecular weight is 304 g/mol. The number of aryl methyl sites for hydroxylation is 2. The molecule has 21 heavy (non-hydrogen) atoms. The summed E-state index contributed by atoms with van der Waals surface area (Å²) in [7, 11) is 1.75. The van der Waals surface area contributed by atoms with Crippen LogP contribution >= 0.6 is 11.3 Å². The summed E-state index contributed by atoms with van der Waals surface area (Å²) in [6.07, 6.45) is 2.06. The van der Waals surface area contributed by atoms with Gasteiger partial charge in [0.05, 0.1) is 12.3 Å². The quantitative estimate of drug-likeness (QED) is 0.797. The summed E-state index contributed by atoms with van der Waals surface area (Å²) in [6, 6.07) is 10.5. The molecule has 0 spiro atoms. The molecule has 0 saturated heterocycles. The van der Waals surface area contributed by atoms with E-state index in [4.69, 9.17) is 9.72 Å². The molecule has 0 amide bonds. The monoisotopic (exact) mass is 304 g/mol. The van der Waals surface area contributed by atoms with Gasteiger partial charge in [-0.15, -0.1) is 11.3 Å². The molecule has 2 aromatic rings.